The third-order valence-electron chi connectivity index (χ3n) is 4.41. The number of aliphatic imine (C=N–C) groups is 1. The molecule has 1 aliphatic heterocycles. The van der Waals surface area contributed by atoms with Crippen LogP contribution in [0.25, 0.3) is 0 Å². The standard InChI is InChI=1S/C18H29N5O3.HI/c1-3-20-18(22-9-8-21-17(25)15-5-4-12-26-15)23-10-6-14(7-11-23)13-16(24)19-2;/h4-5,12,14H,3,6-11,13H2,1-2H3,(H,19,24)(H,20,22)(H,21,25);1H. The molecule has 0 unspecified atom stereocenters. The van der Waals surface area contributed by atoms with E-state index < -0.39 is 0 Å². The van der Waals surface area contributed by atoms with Gasteiger partial charge in [-0.05, 0) is 37.8 Å². The molecule has 2 amide bonds. The smallest absolute Gasteiger partial charge is 0.287 e. The quantitative estimate of drug-likeness (QED) is 0.232. The summed E-state index contributed by atoms with van der Waals surface area (Å²) in [6.45, 7) is 5.52. The molecule has 0 atom stereocenters. The number of hydrogen-bond acceptors (Lipinski definition) is 4. The molecular formula is C18H30IN5O3. The van der Waals surface area contributed by atoms with Gasteiger partial charge in [-0.25, -0.2) is 0 Å². The van der Waals surface area contributed by atoms with Crippen LogP contribution in [-0.2, 0) is 4.79 Å². The van der Waals surface area contributed by atoms with Crippen molar-refractivity contribution >= 4 is 41.8 Å². The Morgan fingerprint density at radius 2 is 2.04 bits per heavy atom. The van der Waals surface area contributed by atoms with Gasteiger partial charge in [0, 0.05) is 39.6 Å². The minimum atomic E-state index is -0.231. The summed E-state index contributed by atoms with van der Waals surface area (Å²) in [6.07, 6.45) is 4.03. The summed E-state index contributed by atoms with van der Waals surface area (Å²) in [5.41, 5.74) is 0. The van der Waals surface area contributed by atoms with Gasteiger partial charge in [0.1, 0.15) is 0 Å². The summed E-state index contributed by atoms with van der Waals surface area (Å²) in [6, 6.07) is 3.32. The zero-order chi connectivity index (χ0) is 18.8. The highest BCUT2D eigenvalue weighted by Gasteiger charge is 2.23. The zero-order valence-electron chi connectivity index (χ0n) is 16.0. The molecule has 152 valence electrons. The predicted octanol–water partition coefficient (Wildman–Crippen LogP) is 1.44. The summed E-state index contributed by atoms with van der Waals surface area (Å²) in [4.78, 5) is 30.1. The second-order valence-corrected chi connectivity index (χ2v) is 6.28. The first-order valence-corrected chi connectivity index (χ1v) is 9.19. The van der Waals surface area contributed by atoms with Crippen molar-refractivity contribution in [1.29, 1.82) is 0 Å². The number of guanidine groups is 1. The van der Waals surface area contributed by atoms with Crippen LogP contribution in [0.2, 0.25) is 0 Å². The highest BCUT2D eigenvalue weighted by molar-refractivity contribution is 14.0. The van der Waals surface area contributed by atoms with Crippen LogP contribution >= 0.6 is 24.0 Å². The monoisotopic (exact) mass is 491 g/mol. The van der Waals surface area contributed by atoms with Gasteiger partial charge in [-0.1, -0.05) is 0 Å². The summed E-state index contributed by atoms with van der Waals surface area (Å²) >= 11 is 0. The van der Waals surface area contributed by atoms with Gasteiger partial charge < -0.3 is 25.3 Å². The molecule has 0 spiro atoms. The number of likely N-dealkylation sites (tertiary alicyclic amines) is 1. The zero-order valence-corrected chi connectivity index (χ0v) is 18.3. The first-order chi connectivity index (χ1) is 12.6. The number of carbonyl (C=O) groups excluding carboxylic acids is 2. The second-order valence-electron chi connectivity index (χ2n) is 6.28. The molecule has 2 heterocycles. The van der Waals surface area contributed by atoms with E-state index in [1.54, 1.807) is 19.2 Å². The van der Waals surface area contributed by atoms with Gasteiger partial charge in [-0.2, -0.15) is 0 Å². The number of carbonyl (C=O) groups is 2. The van der Waals surface area contributed by atoms with Crippen LogP contribution in [-0.4, -0.2) is 62.4 Å². The Hall–Kier alpha value is -1.78. The van der Waals surface area contributed by atoms with Crippen LogP contribution in [0, 0.1) is 5.92 Å². The Labute approximate surface area is 177 Å². The molecule has 2 rings (SSSR count). The minimum Gasteiger partial charge on any atom is -0.459 e. The average molecular weight is 491 g/mol. The Morgan fingerprint density at radius 1 is 1.30 bits per heavy atom. The van der Waals surface area contributed by atoms with Crippen LogP contribution < -0.4 is 16.0 Å². The number of furan rings is 1. The summed E-state index contributed by atoms with van der Waals surface area (Å²) in [5, 5.41) is 8.78. The van der Waals surface area contributed by atoms with E-state index in [0.717, 1.165) is 38.4 Å². The molecular weight excluding hydrogens is 461 g/mol. The molecule has 0 aromatic carbocycles. The maximum atomic E-state index is 11.8. The van der Waals surface area contributed by atoms with Gasteiger partial charge in [-0.3, -0.25) is 14.6 Å². The molecule has 8 nitrogen and oxygen atoms in total. The van der Waals surface area contributed by atoms with Crippen molar-refractivity contribution < 1.29 is 14.0 Å². The van der Waals surface area contributed by atoms with E-state index in [9.17, 15) is 9.59 Å². The van der Waals surface area contributed by atoms with Crippen molar-refractivity contribution in [1.82, 2.24) is 20.9 Å². The van der Waals surface area contributed by atoms with Crippen LogP contribution in [0.1, 0.15) is 36.7 Å². The van der Waals surface area contributed by atoms with E-state index >= 15 is 0 Å². The van der Waals surface area contributed by atoms with Crippen molar-refractivity contribution in [3.8, 4) is 0 Å². The third-order valence-corrected chi connectivity index (χ3v) is 4.41. The number of nitrogens with one attached hydrogen (secondary N) is 3. The van der Waals surface area contributed by atoms with E-state index in [-0.39, 0.29) is 35.8 Å². The lowest BCUT2D eigenvalue weighted by molar-refractivity contribution is -0.121. The van der Waals surface area contributed by atoms with Crippen molar-refractivity contribution in [3.63, 3.8) is 0 Å². The highest BCUT2D eigenvalue weighted by Crippen LogP contribution is 2.20. The van der Waals surface area contributed by atoms with Crippen LogP contribution in [0.15, 0.2) is 27.8 Å². The summed E-state index contributed by atoms with van der Waals surface area (Å²) in [5.74, 6) is 1.47. The van der Waals surface area contributed by atoms with Crippen molar-refractivity contribution in [2.24, 2.45) is 10.9 Å². The van der Waals surface area contributed by atoms with Gasteiger partial charge >= 0.3 is 0 Å². The largest absolute Gasteiger partial charge is 0.459 e. The number of halogens is 1. The van der Waals surface area contributed by atoms with Gasteiger partial charge in [0.2, 0.25) is 5.91 Å². The van der Waals surface area contributed by atoms with Crippen molar-refractivity contribution in [2.75, 3.05) is 39.8 Å². The molecule has 9 heteroatoms. The first-order valence-electron chi connectivity index (χ1n) is 9.19. The molecule has 0 aliphatic carbocycles. The second kappa shape index (κ2) is 12.6. The third kappa shape index (κ3) is 7.77. The molecule has 1 aromatic heterocycles. The summed E-state index contributed by atoms with van der Waals surface area (Å²) in [7, 11) is 1.68. The van der Waals surface area contributed by atoms with Gasteiger partial charge in [0.25, 0.3) is 5.91 Å². The summed E-state index contributed by atoms with van der Waals surface area (Å²) < 4.78 is 5.06. The fourth-order valence-corrected chi connectivity index (χ4v) is 2.97. The first kappa shape index (κ1) is 23.3. The molecule has 1 aromatic rings. The molecule has 1 fully saturated rings. The molecule has 0 saturated carbocycles. The van der Waals surface area contributed by atoms with Gasteiger partial charge in [0.05, 0.1) is 12.8 Å². The fraction of sp³-hybridized carbons (Fsp3) is 0.611. The Balaban J connectivity index is 0.00000364. The van der Waals surface area contributed by atoms with Crippen LogP contribution in [0.3, 0.4) is 0 Å². The van der Waals surface area contributed by atoms with Crippen LogP contribution in [0.4, 0.5) is 0 Å². The molecule has 1 aliphatic rings. The van der Waals surface area contributed by atoms with E-state index in [2.05, 4.69) is 25.8 Å². The molecule has 3 N–H and O–H groups in total. The molecule has 0 radical (unpaired) electrons. The number of nitrogens with zero attached hydrogens (tertiary/aromatic N) is 2. The molecule has 0 bridgehead atoms. The maximum absolute atomic E-state index is 11.8. The fourth-order valence-electron chi connectivity index (χ4n) is 2.97. The number of piperidine rings is 1. The SMILES string of the molecule is CCNC(=NCCNC(=O)c1ccco1)N1CCC(CC(=O)NC)CC1.I. The average Bonchev–Trinajstić information content (AvgIpc) is 3.19. The molecule has 27 heavy (non-hydrogen) atoms. The minimum absolute atomic E-state index is 0. The van der Waals surface area contributed by atoms with E-state index in [4.69, 9.17) is 4.42 Å². The molecule has 1 saturated heterocycles. The normalized spacial score (nSPS) is 15.0. The number of hydrogen-bond donors (Lipinski definition) is 3. The lowest BCUT2D eigenvalue weighted by Gasteiger charge is -2.34. The number of rotatable bonds is 7. The van der Waals surface area contributed by atoms with E-state index in [1.807, 2.05) is 6.92 Å². The lowest BCUT2D eigenvalue weighted by atomic mass is 9.93. The Morgan fingerprint density at radius 3 is 2.63 bits per heavy atom. The van der Waals surface area contributed by atoms with E-state index in [1.165, 1.54) is 6.26 Å². The van der Waals surface area contributed by atoms with Crippen molar-refractivity contribution in [3.05, 3.63) is 24.2 Å². The predicted molar refractivity (Wildman–Crippen MR) is 115 cm³/mol. The van der Waals surface area contributed by atoms with Crippen LogP contribution in [0.5, 0.6) is 0 Å². The lowest BCUT2D eigenvalue weighted by Crippen LogP contribution is -2.46. The van der Waals surface area contributed by atoms with E-state index in [0.29, 0.717) is 31.2 Å². The van der Waals surface area contributed by atoms with Gasteiger partial charge in [-0.15, -0.1) is 24.0 Å². The maximum Gasteiger partial charge on any atom is 0.287 e. The Kier molecular flexibility index (Phi) is 10.8. The van der Waals surface area contributed by atoms with Crippen molar-refractivity contribution in [2.45, 2.75) is 26.2 Å². The Bertz CT molecular complexity index is 598. The number of amides is 2. The van der Waals surface area contributed by atoms with Gasteiger partial charge in [0.15, 0.2) is 11.7 Å². The highest BCUT2D eigenvalue weighted by atomic mass is 127. The topological polar surface area (TPSA) is 99.0 Å².